The van der Waals surface area contributed by atoms with E-state index in [2.05, 4.69) is 11.9 Å². The van der Waals surface area contributed by atoms with Crippen LogP contribution in [0.3, 0.4) is 0 Å². The van der Waals surface area contributed by atoms with Gasteiger partial charge in [-0.1, -0.05) is 36.9 Å². The number of amides is 2. The van der Waals surface area contributed by atoms with Crippen molar-refractivity contribution < 1.29 is 19.4 Å². The topological polar surface area (TPSA) is 78.9 Å². The fourth-order valence-electron chi connectivity index (χ4n) is 2.86. The Labute approximate surface area is 151 Å². The first-order valence-corrected chi connectivity index (χ1v) is 8.20. The number of rotatable bonds is 6. The molecule has 134 valence electrons. The van der Waals surface area contributed by atoms with Gasteiger partial charge in [-0.25, -0.2) is 0 Å². The Balaban J connectivity index is 1.56. The third kappa shape index (κ3) is 3.45. The number of aliphatic hydroxyl groups is 1. The van der Waals surface area contributed by atoms with E-state index < -0.39 is 6.10 Å². The summed E-state index contributed by atoms with van der Waals surface area (Å²) < 4.78 is 5.07. The molecule has 0 fully saturated rings. The zero-order valence-electron chi connectivity index (χ0n) is 14.4. The number of nitrogens with zero attached hydrogens (tertiary/aromatic N) is 1. The summed E-state index contributed by atoms with van der Waals surface area (Å²) in [6.07, 6.45) is -0.848. The molecule has 2 aromatic rings. The number of hydrogen-bond donors (Lipinski definition) is 2. The lowest BCUT2D eigenvalue weighted by Gasteiger charge is -2.18. The monoisotopic (exact) mass is 352 g/mol. The number of ether oxygens (including phenoxy) is 1. The summed E-state index contributed by atoms with van der Waals surface area (Å²) in [5.74, 6) is 0.0898. The Morgan fingerprint density at radius 1 is 1.19 bits per heavy atom. The fourth-order valence-corrected chi connectivity index (χ4v) is 2.86. The van der Waals surface area contributed by atoms with Crippen LogP contribution in [0.5, 0.6) is 5.75 Å². The standard InChI is InChI=1S/C20H20N2O4/c1-13-16-5-3-4-6-17(16)20(25)22(13)12-19(24)21-11-18(23)14-7-9-15(26-2)10-8-14/h3-10,18,23H,1,11-12H2,2H3,(H,21,24). The van der Waals surface area contributed by atoms with Crippen LogP contribution in [0.4, 0.5) is 0 Å². The molecular weight excluding hydrogens is 332 g/mol. The van der Waals surface area contributed by atoms with Gasteiger partial charge >= 0.3 is 0 Å². The van der Waals surface area contributed by atoms with Gasteiger partial charge in [0.1, 0.15) is 12.3 Å². The van der Waals surface area contributed by atoms with E-state index in [1.54, 1.807) is 49.6 Å². The maximum absolute atomic E-state index is 12.4. The van der Waals surface area contributed by atoms with Gasteiger partial charge in [-0.15, -0.1) is 0 Å². The van der Waals surface area contributed by atoms with E-state index in [0.29, 0.717) is 22.6 Å². The SMILES string of the molecule is C=C1c2ccccc2C(=O)N1CC(=O)NCC(O)c1ccc(OC)cc1. The second-order valence-electron chi connectivity index (χ2n) is 5.98. The van der Waals surface area contributed by atoms with Crippen LogP contribution in [-0.4, -0.2) is 42.0 Å². The molecule has 0 saturated heterocycles. The molecule has 1 aliphatic rings. The van der Waals surface area contributed by atoms with E-state index in [-0.39, 0.29) is 24.9 Å². The van der Waals surface area contributed by atoms with Crippen molar-refractivity contribution in [3.63, 3.8) is 0 Å². The minimum absolute atomic E-state index is 0.0482. The summed E-state index contributed by atoms with van der Waals surface area (Å²) in [6.45, 7) is 3.81. The lowest BCUT2D eigenvalue weighted by molar-refractivity contribution is -0.121. The number of carbonyl (C=O) groups is 2. The largest absolute Gasteiger partial charge is 0.497 e. The van der Waals surface area contributed by atoms with Crippen molar-refractivity contribution in [3.05, 3.63) is 71.8 Å². The number of fused-ring (bicyclic) bond motifs is 1. The first-order valence-electron chi connectivity index (χ1n) is 8.20. The number of nitrogens with one attached hydrogen (secondary N) is 1. The molecule has 1 aliphatic heterocycles. The summed E-state index contributed by atoms with van der Waals surface area (Å²) >= 11 is 0. The van der Waals surface area contributed by atoms with Crippen LogP contribution >= 0.6 is 0 Å². The van der Waals surface area contributed by atoms with Gasteiger partial charge in [-0.3, -0.25) is 14.5 Å². The lowest BCUT2D eigenvalue weighted by atomic mass is 10.1. The normalized spacial score (nSPS) is 14.2. The Bertz CT molecular complexity index is 810. The molecule has 3 rings (SSSR count). The van der Waals surface area contributed by atoms with Crippen LogP contribution < -0.4 is 10.1 Å². The molecule has 0 saturated carbocycles. The third-order valence-electron chi connectivity index (χ3n) is 4.33. The Hall–Kier alpha value is -3.12. The smallest absolute Gasteiger partial charge is 0.259 e. The van der Waals surface area contributed by atoms with Gasteiger partial charge in [0.05, 0.1) is 13.2 Å². The quantitative estimate of drug-likeness (QED) is 0.833. The Kier molecular flexibility index (Phi) is 5.04. The molecule has 2 amide bonds. The molecule has 1 heterocycles. The molecule has 1 unspecified atom stereocenters. The Morgan fingerprint density at radius 2 is 1.85 bits per heavy atom. The van der Waals surface area contributed by atoms with Crippen LogP contribution in [0.15, 0.2) is 55.1 Å². The summed E-state index contributed by atoms with van der Waals surface area (Å²) in [6, 6.07) is 14.1. The van der Waals surface area contributed by atoms with E-state index >= 15 is 0 Å². The molecule has 2 N–H and O–H groups in total. The average molecular weight is 352 g/mol. The van der Waals surface area contributed by atoms with Crippen molar-refractivity contribution in [1.29, 1.82) is 0 Å². The van der Waals surface area contributed by atoms with Gasteiger partial charge in [0.15, 0.2) is 0 Å². The predicted molar refractivity (Wildman–Crippen MR) is 97.5 cm³/mol. The van der Waals surface area contributed by atoms with Crippen molar-refractivity contribution in [2.45, 2.75) is 6.10 Å². The highest BCUT2D eigenvalue weighted by molar-refractivity contribution is 6.10. The van der Waals surface area contributed by atoms with Gasteiger partial charge in [-0.05, 0) is 23.8 Å². The highest BCUT2D eigenvalue weighted by Crippen LogP contribution is 2.30. The molecule has 6 nitrogen and oxygen atoms in total. The first-order chi connectivity index (χ1) is 12.5. The highest BCUT2D eigenvalue weighted by atomic mass is 16.5. The Morgan fingerprint density at radius 3 is 2.46 bits per heavy atom. The summed E-state index contributed by atoms with van der Waals surface area (Å²) in [4.78, 5) is 25.9. The van der Waals surface area contributed by atoms with Gasteiger partial charge in [0.25, 0.3) is 5.91 Å². The summed E-state index contributed by atoms with van der Waals surface area (Å²) in [5.41, 5.74) is 2.46. The van der Waals surface area contributed by atoms with Gasteiger partial charge < -0.3 is 15.2 Å². The van der Waals surface area contributed by atoms with E-state index in [1.165, 1.54) is 4.90 Å². The molecule has 26 heavy (non-hydrogen) atoms. The van der Waals surface area contributed by atoms with E-state index in [4.69, 9.17) is 4.74 Å². The minimum Gasteiger partial charge on any atom is -0.497 e. The van der Waals surface area contributed by atoms with Crippen LogP contribution in [0.1, 0.15) is 27.6 Å². The summed E-state index contributed by atoms with van der Waals surface area (Å²) in [5, 5.41) is 12.8. The number of methoxy groups -OCH3 is 1. The van der Waals surface area contributed by atoms with Gasteiger partial charge in [0, 0.05) is 23.4 Å². The van der Waals surface area contributed by atoms with Crippen LogP contribution in [0.25, 0.3) is 5.70 Å². The van der Waals surface area contributed by atoms with Gasteiger partial charge in [0.2, 0.25) is 5.91 Å². The lowest BCUT2D eigenvalue weighted by Crippen LogP contribution is -2.38. The molecule has 0 radical (unpaired) electrons. The zero-order valence-corrected chi connectivity index (χ0v) is 14.4. The number of hydrogen-bond acceptors (Lipinski definition) is 4. The van der Waals surface area contributed by atoms with E-state index in [9.17, 15) is 14.7 Å². The van der Waals surface area contributed by atoms with Crippen molar-refractivity contribution >= 4 is 17.5 Å². The van der Waals surface area contributed by atoms with Crippen molar-refractivity contribution in [2.75, 3.05) is 20.2 Å². The zero-order chi connectivity index (χ0) is 18.7. The molecule has 1 atom stereocenters. The molecule has 0 spiro atoms. The number of aliphatic hydroxyl groups excluding tert-OH is 1. The fraction of sp³-hybridized carbons (Fsp3) is 0.200. The van der Waals surface area contributed by atoms with Crippen molar-refractivity contribution in [3.8, 4) is 5.75 Å². The number of carbonyl (C=O) groups excluding carboxylic acids is 2. The summed E-state index contributed by atoms with van der Waals surface area (Å²) in [7, 11) is 1.57. The molecule has 0 aliphatic carbocycles. The van der Waals surface area contributed by atoms with Gasteiger partial charge in [-0.2, -0.15) is 0 Å². The number of benzene rings is 2. The second kappa shape index (κ2) is 7.41. The molecule has 6 heteroatoms. The molecule has 0 aromatic heterocycles. The average Bonchev–Trinajstić information content (AvgIpc) is 2.91. The highest BCUT2D eigenvalue weighted by Gasteiger charge is 2.31. The predicted octanol–water partition coefficient (Wildman–Crippen LogP) is 1.97. The molecule has 2 aromatic carbocycles. The maximum atomic E-state index is 12.4. The van der Waals surface area contributed by atoms with Crippen molar-refractivity contribution in [2.24, 2.45) is 0 Å². The van der Waals surface area contributed by atoms with Crippen LogP contribution in [0, 0.1) is 0 Å². The first kappa shape index (κ1) is 17.7. The van der Waals surface area contributed by atoms with E-state index in [1.807, 2.05) is 6.07 Å². The van der Waals surface area contributed by atoms with E-state index in [0.717, 1.165) is 5.56 Å². The molecular formula is C20H20N2O4. The van der Waals surface area contributed by atoms with Crippen LogP contribution in [0.2, 0.25) is 0 Å². The third-order valence-corrected chi connectivity index (χ3v) is 4.33. The second-order valence-corrected chi connectivity index (χ2v) is 5.98. The molecule has 0 bridgehead atoms. The van der Waals surface area contributed by atoms with Crippen molar-refractivity contribution in [1.82, 2.24) is 10.2 Å². The van der Waals surface area contributed by atoms with Crippen LogP contribution in [-0.2, 0) is 4.79 Å². The minimum atomic E-state index is -0.848. The maximum Gasteiger partial charge on any atom is 0.259 e.